The lowest BCUT2D eigenvalue weighted by Crippen LogP contribution is -2.40. The minimum atomic E-state index is -4.86. The number of alkyl halides is 3. The molecule has 2 amide bonds. The normalized spacial score (nSPS) is 15.2. The fraction of sp³-hybridized carbons (Fsp3) is 0.316. The van der Waals surface area contributed by atoms with Crippen LogP contribution in [0.4, 0.5) is 34.0 Å². The Bertz CT molecular complexity index is 1110. The lowest BCUT2D eigenvalue weighted by atomic mass is 10.0. The van der Waals surface area contributed by atoms with E-state index in [2.05, 4.69) is 15.3 Å². The maximum atomic E-state index is 14.0. The third-order valence-corrected chi connectivity index (χ3v) is 4.88. The van der Waals surface area contributed by atoms with Gasteiger partial charge >= 0.3 is 12.2 Å². The molecule has 7 nitrogen and oxygen atoms in total. The van der Waals surface area contributed by atoms with Crippen molar-refractivity contribution in [3.8, 4) is 0 Å². The number of aromatic nitrogens is 2. The van der Waals surface area contributed by atoms with Crippen LogP contribution in [0.25, 0.3) is 11.0 Å². The largest absolute Gasteiger partial charge is 0.458 e. The van der Waals surface area contributed by atoms with Crippen molar-refractivity contribution in [3.63, 3.8) is 0 Å². The van der Waals surface area contributed by atoms with Gasteiger partial charge in [-0.3, -0.25) is 0 Å². The number of carbonyl (C=O) groups is 1. The number of halogens is 4. The van der Waals surface area contributed by atoms with Gasteiger partial charge in [0, 0.05) is 16.5 Å². The predicted octanol–water partition coefficient (Wildman–Crippen LogP) is 4.56. The van der Waals surface area contributed by atoms with Crippen molar-refractivity contribution >= 4 is 28.6 Å². The number of aryl methyl sites for hydroxylation is 1. The van der Waals surface area contributed by atoms with Crippen molar-refractivity contribution in [2.24, 2.45) is 0 Å². The molecule has 4 N–H and O–H groups in total. The summed E-state index contributed by atoms with van der Waals surface area (Å²) in [6.45, 7) is 1.41. The molecular formula is C19H17F4N5O2. The molecule has 0 spiro atoms. The van der Waals surface area contributed by atoms with E-state index in [1.54, 1.807) is 0 Å². The summed E-state index contributed by atoms with van der Waals surface area (Å²) < 4.78 is 61.0. The summed E-state index contributed by atoms with van der Waals surface area (Å²) in [6.07, 6.45) is -0.906. The van der Waals surface area contributed by atoms with Gasteiger partial charge in [0.25, 0.3) is 0 Å². The summed E-state index contributed by atoms with van der Waals surface area (Å²) in [5, 5.41) is 4.34. The number of rotatable bonds is 4. The van der Waals surface area contributed by atoms with Gasteiger partial charge < -0.3 is 20.8 Å². The highest BCUT2D eigenvalue weighted by molar-refractivity contribution is 5.90. The third-order valence-electron chi connectivity index (χ3n) is 4.88. The van der Waals surface area contributed by atoms with E-state index in [9.17, 15) is 22.4 Å². The number of benzene rings is 1. The van der Waals surface area contributed by atoms with E-state index in [0.717, 1.165) is 31.3 Å². The van der Waals surface area contributed by atoms with E-state index in [1.807, 2.05) is 5.32 Å². The molecule has 4 rings (SSSR count). The zero-order chi connectivity index (χ0) is 21.6. The van der Waals surface area contributed by atoms with Gasteiger partial charge in [0.15, 0.2) is 6.04 Å². The molecule has 2 aromatic heterocycles. The van der Waals surface area contributed by atoms with E-state index in [4.69, 9.17) is 10.2 Å². The number of carbonyl (C=O) groups excluding carboxylic acids is 1. The average Bonchev–Trinajstić information content (AvgIpc) is 3.46. The Balaban J connectivity index is 1.68. The number of hydrogen-bond acceptors (Lipinski definition) is 5. The molecule has 11 heteroatoms. The van der Waals surface area contributed by atoms with Crippen LogP contribution in [0.2, 0.25) is 0 Å². The zero-order valence-electron chi connectivity index (χ0n) is 15.7. The van der Waals surface area contributed by atoms with Gasteiger partial charge in [-0.05, 0) is 37.8 Å². The first kappa shape index (κ1) is 19.9. The summed E-state index contributed by atoms with van der Waals surface area (Å²) in [7, 11) is 0. The molecule has 3 aromatic rings. The van der Waals surface area contributed by atoms with E-state index in [-0.39, 0.29) is 34.1 Å². The molecule has 0 unspecified atom stereocenters. The van der Waals surface area contributed by atoms with Gasteiger partial charge in [-0.2, -0.15) is 13.2 Å². The minimum Gasteiger partial charge on any atom is -0.458 e. The Morgan fingerprint density at radius 1 is 1.27 bits per heavy atom. The van der Waals surface area contributed by atoms with E-state index >= 15 is 0 Å². The van der Waals surface area contributed by atoms with Crippen LogP contribution in [0.3, 0.4) is 0 Å². The summed E-state index contributed by atoms with van der Waals surface area (Å²) >= 11 is 0. The molecular weight excluding hydrogens is 406 g/mol. The van der Waals surface area contributed by atoms with Crippen LogP contribution >= 0.6 is 0 Å². The number of nitrogens with one attached hydrogen (secondary N) is 2. The van der Waals surface area contributed by atoms with Crippen molar-refractivity contribution in [3.05, 3.63) is 47.2 Å². The fourth-order valence-electron chi connectivity index (χ4n) is 3.30. The number of nitrogens with zero attached hydrogens (tertiary/aromatic N) is 2. The monoisotopic (exact) mass is 423 g/mol. The van der Waals surface area contributed by atoms with Crippen LogP contribution in [0.15, 0.2) is 28.9 Å². The Morgan fingerprint density at radius 3 is 2.53 bits per heavy atom. The molecule has 1 aliphatic carbocycles. The molecule has 0 aliphatic heterocycles. The van der Waals surface area contributed by atoms with Gasteiger partial charge in [0.1, 0.15) is 17.2 Å². The van der Waals surface area contributed by atoms with E-state index in [0.29, 0.717) is 5.56 Å². The lowest BCUT2D eigenvalue weighted by molar-refractivity contribution is -0.158. The average molecular weight is 423 g/mol. The molecule has 1 aliphatic rings. The van der Waals surface area contributed by atoms with Crippen LogP contribution in [0, 0.1) is 12.7 Å². The Labute approximate surface area is 167 Å². The topological polar surface area (TPSA) is 106 Å². The van der Waals surface area contributed by atoms with E-state index in [1.165, 1.54) is 13.0 Å². The summed E-state index contributed by atoms with van der Waals surface area (Å²) in [6, 6.07) is -1.15. The quantitative estimate of drug-likeness (QED) is 0.534. The number of fused-ring (bicyclic) bond motifs is 1. The van der Waals surface area contributed by atoms with Gasteiger partial charge in [0.05, 0.1) is 18.1 Å². The summed E-state index contributed by atoms with van der Waals surface area (Å²) in [4.78, 5) is 19.5. The Kier molecular flexibility index (Phi) is 4.75. The standard InChI is InChI=1S/C19H17F4N5O2/c1-8-12-4-10(20)5-13(9-2-3-9)15(12)30-14(8)16(19(21,22)23)28-18(29)27-11-6-25-17(24)26-7-11/h4-7,9,16H,2-3H2,1H3,(H2,24,25,26)(H2,27,28,29)/t16-/m0/s1. The first-order valence-corrected chi connectivity index (χ1v) is 9.07. The second-order valence-electron chi connectivity index (χ2n) is 7.14. The van der Waals surface area contributed by atoms with Crippen molar-refractivity contribution in [2.75, 3.05) is 11.1 Å². The number of amides is 2. The fourth-order valence-corrected chi connectivity index (χ4v) is 3.30. The molecule has 0 bridgehead atoms. The molecule has 1 atom stereocenters. The second-order valence-corrected chi connectivity index (χ2v) is 7.14. The number of nitrogens with two attached hydrogens (primary N) is 1. The van der Waals surface area contributed by atoms with Gasteiger partial charge in [0.2, 0.25) is 5.95 Å². The summed E-state index contributed by atoms with van der Waals surface area (Å²) in [5.41, 5.74) is 6.27. The van der Waals surface area contributed by atoms with Gasteiger partial charge in [-0.1, -0.05) is 0 Å². The maximum absolute atomic E-state index is 14.0. The smallest absolute Gasteiger partial charge is 0.416 e. The first-order valence-electron chi connectivity index (χ1n) is 9.07. The number of urea groups is 1. The molecule has 2 heterocycles. The predicted molar refractivity (Wildman–Crippen MR) is 100 cm³/mol. The number of furan rings is 1. The molecule has 30 heavy (non-hydrogen) atoms. The van der Waals surface area contributed by atoms with Crippen LogP contribution in [-0.4, -0.2) is 22.2 Å². The SMILES string of the molecule is Cc1c([C@H](NC(=O)Nc2cnc(N)nc2)C(F)(F)F)oc2c(C3CC3)cc(F)cc12. The minimum absolute atomic E-state index is 0.0503. The highest BCUT2D eigenvalue weighted by atomic mass is 19.4. The highest BCUT2D eigenvalue weighted by Crippen LogP contribution is 2.46. The van der Waals surface area contributed by atoms with E-state index < -0.39 is 29.8 Å². The molecule has 1 saturated carbocycles. The molecule has 1 aromatic carbocycles. The highest BCUT2D eigenvalue weighted by Gasteiger charge is 2.45. The van der Waals surface area contributed by atoms with Crippen LogP contribution < -0.4 is 16.4 Å². The molecule has 0 saturated heterocycles. The zero-order valence-corrected chi connectivity index (χ0v) is 15.7. The van der Waals surface area contributed by atoms with Gasteiger partial charge in [-0.15, -0.1) is 0 Å². The lowest BCUT2D eigenvalue weighted by Gasteiger charge is -2.20. The summed E-state index contributed by atoms with van der Waals surface area (Å²) in [5.74, 6) is -1.02. The Morgan fingerprint density at radius 2 is 1.93 bits per heavy atom. The van der Waals surface area contributed by atoms with Crippen molar-refractivity contribution < 1.29 is 26.8 Å². The molecule has 0 radical (unpaired) electrons. The first-order chi connectivity index (χ1) is 14.1. The molecule has 158 valence electrons. The van der Waals surface area contributed by atoms with Crippen molar-refractivity contribution in [2.45, 2.75) is 37.9 Å². The number of nitrogen functional groups attached to an aromatic ring is 1. The number of anilines is 2. The van der Waals surface area contributed by atoms with Crippen molar-refractivity contribution in [1.29, 1.82) is 0 Å². The molecule has 1 fully saturated rings. The maximum Gasteiger partial charge on any atom is 0.416 e. The number of hydrogen-bond donors (Lipinski definition) is 3. The van der Waals surface area contributed by atoms with Crippen LogP contribution in [0.5, 0.6) is 0 Å². The van der Waals surface area contributed by atoms with Crippen LogP contribution in [0.1, 0.15) is 41.7 Å². The van der Waals surface area contributed by atoms with Crippen molar-refractivity contribution in [1.82, 2.24) is 15.3 Å². The van der Waals surface area contributed by atoms with Crippen LogP contribution in [-0.2, 0) is 0 Å². The second kappa shape index (κ2) is 7.15. The third kappa shape index (κ3) is 3.87. The Hall–Kier alpha value is -3.37. The van der Waals surface area contributed by atoms with Gasteiger partial charge in [-0.25, -0.2) is 19.2 Å².